The Balaban J connectivity index is 1.60. The van der Waals surface area contributed by atoms with E-state index in [1.807, 2.05) is 60.7 Å². The molecule has 2 heterocycles. The maximum Gasteiger partial charge on any atom is 0.144 e. The van der Waals surface area contributed by atoms with Crippen LogP contribution in [0, 0.1) is 5.92 Å². The Bertz CT molecular complexity index is 1040. The number of ketones is 1. The van der Waals surface area contributed by atoms with Crippen LogP contribution < -0.4 is 5.32 Å². The highest BCUT2D eigenvalue weighted by Crippen LogP contribution is 2.44. The SMILES string of the molecule is O=C1C[C@H](c2ccco2)CC2=Nc3ccccc3N[C@H](c3ccc(Cl)cc3)[C@@H]12. The molecule has 4 nitrogen and oxygen atoms in total. The molecule has 3 atom stereocenters. The molecule has 5 heteroatoms. The van der Waals surface area contributed by atoms with Crippen LogP contribution in [-0.2, 0) is 4.79 Å². The van der Waals surface area contributed by atoms with E-state index < -0.39 is 0 Å². The maximum atomic E-state index is 13.3. The number of nitrogens with one attached hydrogen (secondary N) is 1. The molecule has 1 N–H and O–H groups in total. The van der Waals surface area contributed by atoms with Crippen LogP contribution in [-0.4, -0.2) is 11.5 Å². The number of carbonyl (C=O) groups is 1. The summed E-state index contributed by atoms with van der Waals surface area (Å²) in [6.07, 6.45) is 2.83. The van der Waals surface area contributed by atoms with Crippen LogP contribution in [0.1, 0.15) is 36.1 Å². The predicted molar refractivity (Wildman–Crippen MR) is 111 cm³/mol. The second-order valence-electron chi connectivity index (χ2n) is 7.36. The fourth-order valence-electron chi connectivity index (χ4n) is 4.27. The quantitative estimate of drug-likeness (QED) is 0.589. The van der Waals surface area contributed by atoms with Gasteiger partial charge in [0.2, 0.25) is 0 Å². The van der Waals surface area contributed by atoms with E-state index in [1.165, 1.54) is 0 Å². The lowest BCUT2D eigenvalue weighted by molar-refractivity contribution is -0.122. The Labute approximate surface area is 168 Å². The number of fused-ring (bicyclic) bond motifs is 2. The molecular formula is C23H19ClN2O2. The zero-order valence-electron chi connectivity index (χ0n) is 15.1. The minimum atomic E-state index is -0.306. The molecule has 1 aliphatic carbocycles. The van der Waals surface area contributed by atoms with Gasteiger partial charge in [0.05, 0.1) is 29.6 Å². The molecule has 0 unspecified atom stereocenters. The number of rotatable bonds is 2. The average Bonchev–Trinajstić information content (AvgIpc) is 3.18. The van der Waals surface area contributed by atoms with Crippen molar-refractivity contribution in [2.24, 2.45) is 10.9 Å². The smallest absolute Gasteiger partial charge is 0.144 e. The molecule has 0 bridgehead atoms. The lowest BCUT2D eigenvalue weighted by atomic mass is 9.73. The monoisotopic (exact) mass is 390 g/mol. The first-order valence-corrected chi connectivity index (χ1v) is 9.81. The molecule has 28 heavy (non-hydrogen) atoms. The van der Waals surface area contributed by atoms with Gasteiger partial charge in [0.15, 0.2) is 0 Å². The number of carbonyl (C=O) groups excluding carboxylic acids is 1. The standard InChI is InChI=1S/C23H19ClN2O2/c24-16-9-7-14(8-10-16)23-22-19(25-17-4-1-2-5-18(17)26-23)12-15(13-20(22)27)21-6-3-11-28-21/h1-11,15,22-23,26H,12-13H2/t15-,22-,23-/m1/s1. The summed E-state index contributed by atoms with van der Waals surface area (Å²) < 4.78 is 5.59. The van der Waals surface area contributed by atoms with Crippen molar-refractivity contribution in [3.05, 3.63) is 83.3 Å². The number of para-hydroxylation sites is 2. The van der Waals surface area contributed by atoms with Gasteiger partial charge in [0.1, 0.15) is 11.5 Å². The zero-order valence-corrected chi connectivity index (χ0v) is 15.9. The van der Waals surface area contributed by atoms with E-state index in [-0.39, 0.29) is 23.7 Å². The van der Waals surface area contributed by atoms with Crippen molar-refractivity contribution in [1.29, 1.82) is 0 Å². The first-order chi connectivity index (χ1) is 13.7. The Hall–Kier alpha value is -2.85. The van der Waals surface area contributed by atoms with Crippen LogP contribution in [0.25, 0.3) is 0 Å². The number of anilines is 1. The molecule has 2 aliphatic rings. The highest BCUT2D eigenvalue weighted by Gasteiger charge is 2.42. The van der Waals surface area contributed by atoms with Crippen molar-refractivity contribution in [2.75, 3.05) is 5.32 Å². The second kappa shape index (κ2) is 6.95. The number of hydrogen-bond acceptors (Lipinski definition) is 4. The fourth-order valence-corrected chi connectivity index (χ4v) is 4.40. The van der Waals surface area contributed by atoms with Crippen molar-refractivity contribution in [3.8, 4) is 0 Å². The Morgan fingerprint density at radius 3 is 2.61 bits per heavy atom. The molecule has 140 valence electrons. The summed E-state index contributed by atoms with van der Waals surface area (Å²) in [7, 11) is 0. The number of Topliss-reactive ketones (excluding diaryl/α,β-unsaturated/α-hetero) is 1. The molecule has 3 aromatic rings. The van der Waals surface area contributed by atoms with Crippen molar-refractivity contribution in [3.63, 3.8) is 0 Å². The molecule has 1 saturated carbocycles. The number of nitrogens with zero attached hydrogens (tertiary/aromatic N) is 1. The first kappa shape index (κ1) is 17.3. The third-order valence-corrected chi connectivity index (χ3v) is 5.85. The average molecular weight is 391 g/mol. The lowest BCUT2D eigenvalue weighted by Crippen LogP contribution is -2.38. The Morgan fingerprint density at radius 2 is 1.82 bits per heavy atom. The summed E-state index contributed by atoms with van der Waals surface area (Å²) in [5.41, 5.74) is 3.75. The number of benzene rings is 2. The van der Waals surface area contributed by atoms with Gasteiger partial charge in [-0.15, -0.1) is 0 Å². The molecule has 0 radical (unpaired) electrons. The van der Waals surface area contributed by atoms with E-state index in [4.69, 9.17) is 21.0 Å². The van der Waals surface area contributed by atoms with Crippen molar-refractivity contribution >= 4 is 34.5 Å². The summed E-state index contributed by atoms with van der Waals surface area (Å²) in [6.45, 7) is 0. The van der Waals surface area contributed by atoms with Crippen LogP contribution in [0.5, 0.6) is 0 Å². The topological polar surface area (TPSA) is 54.6 Å². The first-order valence-electron chi connectivity index (χ1n) is 9.43. The minimum absolute atomic E-state index is 0.0358. The van der Waals surface area contributed by atoms with E-state index in [0.717, 1.165) is 28.4 Å². The summed E-state index contributed by atoms with van der Waals surface area (Å²) in [5.74, 6) is 0.767. The molecule has 2 aromatic carbocycles. The van der Waals surface area contributed by atoms with E-state index in [9.17, 15) is 4.79 Å². The van der Waals surface area contributed by atoms with Gasteiger partial charge >= 0.3 is 0 Å². The van der Waals surface area contributed by atoms with Crippen molar-refractivity contribution in [1.82, 2.24) is 0 Å². The summed E-state index contributed by atoms with van der Waals surface area (Å²) in [6, 6.07) is 19.3. The molecular weight excluding hydrogens is 372 g/mol. The van der Waals surface area contributed by atoms with Crippen LogP contribution in [0.15, 0.2) is 76.3 Å². The van der Waals surface area contributed by atoms with Gasteiger partial charge in [0.25, 0.3) is 0 Å². The van der Waals surface area contributed by atoms with Crippen LogP contribution in [0.4, 0.5) is 11.4 Å². The van der Waals surface area contributed by atoms with E-state index >= 15 is 0 Å². The molecule has 0 amide bonds. The number of furan rings is 1. The van der Waals surface area contributed by atoms with Crippen LogP contribution in [0.2, 0.25) is 5.02 Å². The van der Waals surface area contributed by atoms with Gasteiger partial charge in [-0.1, -0.05) is 35.9 Å². The largest absolute Gasteiger partial charge is 0.469 e. The third-order valence-electron chi connectivity index (χ3n) is 5.60. The van der Waals surface area contributed by atoms with Gasteiger partial charge in [-0.05, 0) is 48.4 Å². The normalized spacial score (nSPS) is 23.8. The number of aliphatic imine (C=N–C) groups is 1. The van der Waals surface area contributed by atoms with Gasteiger partial charge in [-0.2, -0.15) is 0 Å². The molecule has 5 rings (SSSR count). The van der Waals surface area contributed by atoms with Crippen LogP contribution in [0.3, 0.4) is 0 Å². The molecule has 0 saturated heterocycles. The highest BCUT2D eigenvalue weighted by molar-refractivity contribution is 6.30. The zero-order chi connectivity index (χ0) is 19.1. The van der Waals surface area contributed by atoms with Gasteiger partial charge in [-0.25, -0.2) is 0 Å². The third kappa shape index (κ3) is 3.04. The van der Waals surface area contributed by atoms with E-state index in [0.29, 0.717) is 17.9 Å². The van der Waals surface area contributed by atoms with E-state index in [1.54, 1.807) is 6.26 Å². The second-order valence-corrected chi connectivity index (χ2v) is 7.79. The summed E-state index contributed by atoms with van der Waals surface area (Å²) >= 11 is 6.08. The number of halogens is 1. The van der Waals surface area contributed by atoms with Crippen molar-refractivity contribution < 1.29 is 9.21 Å². The highest BCUT2D eigenvalue weighted by atomic mass is 35.5. The minimum Gasteiger partial charge on any atom is -0.469 e. The van der Waals surface area contributed by atoms with Gasteiger partial charge in [0, 0.05) is 23.1 Å². The van der Waals surface area contributed by atoms with Crippen LogP contribution >= 0.6 is 11.6 Å². The summed E-state index contributed by atoms with van der Waals surface area (Å²) in [4.78, 5) is 18.2. The summed E-state index contributed by atoms with van der Waals surface area (Å²) in [5, 5.41) is 4.25. The van der Waals surface area contributed by atoms with E-state index in [2.05, 4.69) is 5.32 Å². The van der Waals surface area contributed by atoms with Gasteiger partial charge < -0.3 is 9.73 Å². The Kier molecular flexibility index (Phi) is 4.29. The maximum absolute atomic E-state index is 13.3. The molecule has 1 fully saturated rings. The predicted octanol–water partition coefficient (Wildman–Crippen LogP) is 5.94. The van der Waals surface area contributed by atoms with Gasteiger partial charge in [-0.3, -0.25) is 9.79 Å². The Morgan fingerprint density at radius 1 is 1.00 bits per heavy atom. The van der Waals surface area contributed by atoms with Crippen molar-refractivity contribution in [2.45, 2.75) is 24.8 Å². The molecule has 1 aromatic heterocycles. The number of hydrogen-bond donors (Lipinski definition) is 1. The molecule has 1 aliphatic heterocycles. The molecule has 0 spiro atoms. The fraction of sp³-hybridized carbons (Fsp3) is 0.217. The lowest BCUT2D eigenvalue weighted by Gasteiger charge is -2.33.